The molecule has 1 saturated heterocycles. The number of piperazine rings is 1. The molecule has 1 aromatic rings. The van der Waals surface area contributed by atoms with Gasteiger partial charge in [0, 0.05) is 37.9 Å². The van der Waals surface area contributed by atoms with Gasteiger partial charge in [0.2, 0.25) is 0 Å². The van der Waals surface area contributed by atoms with E-state index in [9.17, 15) is 9.59 Å². The quantitative estimate of drug-likeness (QED) is 0.590. The summed E-state index contributed by atoms with van der Waals surface area (Å²) >= 11 is 5.59. The van der Waals surface area contributed by atoms with Crippen LogP contribution in [0.3, 0.4) is 0 Å². The molecule has 2 fully saturated rings. The van der Waals surface area contributed by atoms with Crippen molar-refractivity contribution in [2.24, 2.45) is 0 Å². The number of ether oxygens (including phenoxy) is 2. The number of hydrogen-bond donors (Lipinski definition) is 1. The van der Waals surface area contributed by atoms with Gasteiger partial charge in [-0.3, -0.25) is 4.90 Å². The van der Waals surface area contributed by atoms with Gasteiger partial charge in [-0.2, -0.15) is 0 Å². The molecule has 0 bridgehead atoms. The Morgan fingerprint density at radius 3 is 2.00 bits per heavy atom. The Balaban J connectivity index is 1.64. The molecule has 7 nitrogen and oxygen atoms in total. The molecule has 1 N–H and O–H groups in total. The fourth-order valence-electron chi connectivity index (χ4n) is 4.11. The number of hydrogen-bond acceptors (Lipinski definition) is 6. The number of nitrogens with zero attached hydrogens (tertiary/aromatic N) is 2. The van der Waals surface area contributed by atoms with Crippen molar-refractivity contribution < 1.29 is 19.1 Å². The molecule has 3 rings (SSSR count). The van der Waals surface area contributed by atoms with Gasteiger partial charge in [0.25, 0.3) is 0 Å². The molecular formula is C21H29N3O4S. The Morgan fingerprint density at radius 2 is 1.48 bits per heavy atom. The van der Waals surface area contributed by atoms with E-state index in [4.69, 9.17) is 21.7 Å². The number of rotatable bonds is 4. The summed E-state index contributed by atoms with van der Waals surface area (Å²) < 4.78 is 9.57. The minimum atomic E-state index is -0.522. The molecule has 0 spiro atoms. The van der Waals surface area contributed by atoms with Crippen molar-refractivity contribution in [3.8, 4) is 0 Å². The SMILES string of the molecule is COC(=O)c1cc(NC(=S)N2CCN(C3CCCCC3)CC2)cc(C(=O)OC)c1. The van der Waals surface area contributed by atoms with E-state index in [-0.39, 0.29) is 11.1 Å². The van der Waals surface area contributed by atoms with Crippen molar-refractivity contribution in [2.45, 2.75) is 38.1 Å². The molecule has 1 heterocycles. The molecule has 1 aliphatic carbocycles. The zero-order valence-corrected chi connectivity index (χ0v) is 17.9. The molecule has 8 heteroatoms. The largest absolute Gasteiger partial charge is 0.465 e. The summed E-state index contributed by atoms with van der Waals surface area (Å²) in [6.45, 7) is 3.73. The molecule has 2 aliphatic rings. The van der Waals surface area contributed by atoms with Crippen LogP contribution in [-0.2, 0) is 9.47 Å². The van der Waals surface area contributed by atoms with E-state index >= 15 is 0 Å². The minimum absolute atomic E-state index is 0.266. The predicted molar refractivity (Wildman–Crippen MR) is 115 cm³/mol. The van der Waals surface area contributed by atoms with Crippen LogP contribution in [0.1, 0.15) is 52.8 Å². The van der Waals surface area contributed by atoms with Crippen LogP contribution in [0.25, 0.3) is 0 Å². The van der Waals surface area contributed by atoms with Gasteiger partial charge in [0.1, 0.15) is 0 Å². The molecule has 1 aromatic carbocycles. The van der Waals surface area contributed by atoms with Gasteiger partial charge >= 0.3 is 11.9 Å². The van der Waals surface area contributed by atoms with E-state index in [1.165, 1.54) is 52.4 Å². The third-order valence-corrected chi connectivity index (χ3v) is 6.08. The summed E-state index contributed by atoms with van der Waals surface area (Å²) in [5.74, 6) is -1.04. The zero-order valence-electron chi connectivity index (χ0n) is 17.1. The number of carbonyl (C=O) groups excluding carboxylic acids is 2. The van der Waals surface area contributed by atoms with E-state index in [0.717, 1.165) is 26.2 Å². The molecule has 1 saturated carbocycles. The van der Waals surface area contributed by atoms with Gasteiger partial charge in [-0.05, 0) is 43.3 Å². The normalized spacial score (nSPS) is 18.2. The Kier molecular flexibility index (Phi) is 7.44. The third kappa shape index (κ3) is 5.45. The van der Waals surface area contributed by atoms with Crippen LogP contribution in [-0.4, -0.2) is 73.3 Å². The number of methoxy groups -OCH3 is 2. The van der Waals surface area contributed by atoms with Crippen molar-refractivity contribution in [3.63, 3.8) is 0 Å². The maximum absolute atomic E-state index is 12.0. The molecule has 158 valence electrons. The van der Waals surface area contributed by atoms with Crippen molar-refractivity contribution in [1.82, 2.24) is 9.80 Å². The third-order valence-electron chi connectivity index (χ3n) is 5.72. The van der Waals surface area contributed by atoms with Gasteiger partial charge in [0.05, 0.1) is 25.3 Å². The van der Waals surface area contributed by atoms with E-state index < -0.39 is 11.9 Å². The van der Waals surface area contributed by atoms with Crippen molar-refractivity contribution in [2.75, 3.05) is 45.7 Å². The summed E-state index contributed by atoms with van der Waals surface area (Å²) in [7, 11) is 2.60. The van der Waals surface area contributed by atoms with Crippen LogP contribution in [0.2, 0.25) is 0 Å². The first-order chi connectivity index (χ1) is 14.0. The van der Waals surface area contributed by atoms with Crippen LogP contribution in [0, 0.1) is 0 Å². The van der Waals surface area contributed by atoms with E-state index in [0.29, 0.717) is 16.8 Å². The van der Waals surface area contributed by atoms with Gasteiger partial charge < -0.3 is 19.7 Å². The molecule has 1 aliphatic heterocycles. The lowest BCUT2D eigenvalue weighted by atomic mass is 9.94. The van der Waals surface area contributed by atoms with Crippen LogP contribution < -0.4 is 5.32 Å². The van der Waals surface area contributed by atoms with Gasteiger partial charge in [-0.1, -0.05) is 19.3 Å². The second kappa shape index (κ2) is 10.0. The molecule has 0 unspecified atom stereocenters. The first-order valence-corrected chi connectivity index (χ1v) is 10.5. The Morgan fingerprint density at radius 1 is 0.931 bits per heavy atom. The van der Waals surface area contributed by atoms with Crippen molar-refractivity contribution >= 4 is 35.0 Å². The van der Waals surface area contributed by atoms with Gasteiger partial charge in [-0.25, -0.2) is 9.59 Å². The van der Waals surface area contributed by atoms with Gasteiger partial charge in [0.15, 0.2) is 5.11 Å². The topological polar surface area (TPSA) is 71.1 Å². The van der Waals surface area contributed by atoms with Crippen LogP contribution >= 0.6 is 12.2 Å². The lowest BCUT2D eigenvalue weighted by Crippen LogP contribution is -2.53. The summed E-state index contributed by atoms with van der Waals surface area (Å²) in [6, 6.07) is 5.42. The van der Waals surface area contributed by atoms with Crippen molar-refractivity contribution in [1.29, 1.82) is 0 Å². The maximum Gasteiger partial charge on any atom is 0.337 e. The second-order valence-corrected chi connectivity index (χ2v) is 7.91. The molecule has 29 heavy (non-hydrogen) atoms. The molecule has 0 atom stereocenters. The number of nitrogens with one attached hydrogen (secondary N) is 1. The van der Waals surface area contributed by atoms with Gasteiger partial charge in [-0.15, -0.1) is 0 Å². The first kappa shape index (κ1) is 21.5. The average Bonchev–Trinajstić information content (AvgIpc) is 2.78. The Labute approximate surface area is 177 Å². The molecule has 0 radical (unpaired) electrons. The Hall–Kier alpha value is -2.19. The van der Waals surface area contributed by atoms with Crippen LogP contribution in [0.5, 0.6) is 0 Å². The summed E-state index contributed by atoms with van der Waals surface area (Å²) in [4.78, 5) is 28.6. The van der Waals surface area contributed by atoms with E-state index in [1.54, 1.807) is 12.1 Å². The highest BCUT2D eigenvalue weighted by Crippen LogP contribution is 2.24. The highest BCUT2D eigenvalue weighted by molar-refractivity contribution is 7.80. The molecular weight excluding hydrogens is 390 g/mol. The Bertz CT molecular complexity index is 722. The number of carbonyl (C=O) groups is 2. The highest BCUT2D eigenvalue weighted by atomic mass is 32.1. The standard InChI is InChI=1S/C21H29N3O4S/c1-27-19(25)15-12-16(20(26)28-2)14-17(13-15)22-21(29)24-10-8-23(9-11-24)18-6-4-3-5-7-18/h12-14,18H,3-11H2,1-2H3,(H,22,29). The summed E-state index contributed by atoms with van der Waals surface area (Å²) in [6.07, 6.45) is 6.65. The van der Waals surface area contributed by atoms with E-state index in [1.807, 2.05) is 0 Å². The highest BCUT2D eigenvalue weighted by Gasteiger charge is 2.26. The number of esters is 2. The molecule has 0 amide bonds. The number of benzene rings is 1. The minimum Gasteiger partial charge on any atom is -0.465 e. The second-order valence-electron chi connectivity index (χ2n) is 7.53. The smallest absolute Gasteiger partial charge is 0.337 e. The summed E-state index contributed by atoms with van der Waals surface area (Å²) in [5.41, 5.74) is 1.10. The number of thiocarbonyl (C=S) groups is 1. The predicted octanol–water partition coefficient (Wildman–Crippen LogP) is 2.91. The van der Waals surface area contributed by atoms with Crippen LogP contribution in [0.15, 0.2) is 18.2 Å². The lowest BCUT2D eigenvalue weighted by molar-refractivity contribution is 0.0599. The fourth-order valence-corrected chi connectivity index (χ4v) is 4.41. The summed E-state index contributed by atoms with van der Waals surface area (Å²) in [5, 5.41) is 3.76. The fraction of sp³-hybridized carbons (Fsp3) is 0.571. The van der Waals surface area contributed by atoms with Crippen LogP contribution in [0.4, 0.5) is 5.69 Å². The van der Waals surface area contributed by atoms with Crippen molar-refractivity contribution in [3.05, 3.63) is 29.3 Å². The average molecular weight is 420 g/mol. The monoisotopic (exact) mass is 419 g/mol. The van der Waals surface area contributed by atoms with E-state index in [2.05, 4.69) is 15.1 Å². The molecule has 0 aromatic heterocycles. The lowest BCUT2D eigenvalue weighted by Gasteiger charge is -2.41. The maximum atomic E-state index is 12.0. The number of anilines is 1. The zero-order chi connectivity index (χ0) is 20.8. The first-order valence-electron chi connectivity index (χ1n) is 10.1.